The van der Waals surface area contributed by atoms with Crippen LogP contribution >= 0.6 is 11.8 Å². The molecule has 0 atom stereocenters. The number of aromatic nitrogens is 6. The summed E-state index contributed by atoms with van der Waals surface area (Å²) < 4.78 is 7.48. The zero-order chi connectivity index (χ0) is 17.4. The van der Waals surface area contributed by atoms with E-state index in [9.17, 15) is 0 Å². The van der Waals surface area contributed by atoms with Gasteiger partial charge in [0.1, 0.15) is 0 Å². The summed E-state index contributed by atoms with van der Waals surface area (Å²) in [4.78, 5) is 8.95. The molecule has 126 valence electrons. The summed E-state index contributed by atoms with van der Waals surface area (Å²) in [5, 5.41) is 13.3. The maximum absolute atomic E-state index is 5.71. The lowest BCUT2D eigenvalue weighted by molar-refractivity contribution is 0.528. The second-order valence-electron chi connectivity index (χ2n) is 5.67. The highest BCUT2D eigenvalue weighted by molar-refractivity contribution is 7.98. The van der Waals surface area contributed by atoms with E-state index < -0.39 is 0 Å². The fourth-order valence-corrected chi connectivity index (χ4v) is 3.09. The molecule has 8 heteroatoms. The Hall–Kier alpha value is -2.74. The van der Waals surface area contributed by atoms with E-state index in [1.165, 1.54) is 11.8 Å². The van der Waals surface area contributed by atoms with Crippen LogP contribution in [0.4, 0.5) is 0 Å². The molecule has 0 bridgehead atoms. The van der Waals surface area contributed by atoms with Gasteiger partial charge < -0.3 is 4.42 Å². The lowest BCUT2D eigenvalue weighted by atomic mass is 10.2. The van der Waals surface area contributed by atoms with Crippen LogP contribution in [0.15, 0.2) is 39.9 Å². The largest absolute Gasteiger partial charge is 0.420 e. The van der Waals surface area contributed by atoms with Gasteiger partial charge in [0, 0.05) is 17.0 Å². The van der Waals surface area contributed by atoms with E-state index in [4.69, 9.17) is 4.42 Å². The number of aryl methyl sites for hydroxylation is 2. The summed E-state index contributed by atoms with van der Waals surface area (Å²) in [6.45, 7) is 6.03. The maximum atomic E-state index is 5.71. The lowest BCUT2D eigenvalue weighted by Gasteiger charge is -2.04. The first-order chi connectivity index (χ1) is 12.1. The van der Waals surface area contributed by atoms with Crippen LogP contribution in [-0.4, -0.2) is 29.8 Å². The monoisotopic (exact) mass is 352 g/mol. The number of benzene rings is 1. The van der Waals surface area contributed by atoms with Crippen LogP contribution in [0.1, 0.15) is 22.8 Å². The molecule has 0 aliphatic heterocycles. The van der Waals surface area contributed by atoms with Crippen molar-refractivity contribution >= 4 is 17.5 Å². The Kier molecular flexibility index (Phi) is 3.96. The third-order valence-corrected chi connectivity index (χ3v) is 4.88. The van der Waals surface area contributed by atoms with Crippen molar-refractivity contribution in [2.24, 2.45) is 0 Å². The van der Waals surface area contributed by atoms with E-state index in [-0.39, 0.29) is 0 Å². The molecule has 1 aromatic carbocycles. The van der Waals surface area contributed by atoms with Crippen molar-refractivity contribution in [3.05, 3.63) is 53.2 Å². The van der Waals surface area contributed by atoms with Crippen molar-refractivity contribution in [3.8, 4) is 11.5 Å². The summed E-state index contributed by atoms with van der Waals surface area (Å²) in [5.74, 6) is 2.18. The van der Waals surface area contributed by atoms with Crippen LogP contribution in [0.5, 0.6) is 0 Å². The summed E-state index contributed by atoms with van der Waals surface area (Å²) in [6, 6.07) is 9.70. The second-order valence-corrected chi connectivity index (χ2v) is 6.61. The van der Waals surface area contributed by atoms with Crippen molar-refractivity contribution in [2.75, 3.05) is 0 Å². The van der Waals surface area contributed by atoms with E-state index >= 15 is 0 Å². The summed E-state index contributed by atoms with van der Waals surface area (Å²) in [5.41, 5.74) is 4.05. The number of fused-ring (bicyclic) bond motifs is 1. The molecule has 0 fully saturated rings. The van der Waals surface area contributed by atoms with E-state index in [1.807, 2.05) is 51.1 Å². The van der Waals surface area contributed by atoms with E-state index in [1.54, 1.807) is 4.52 Å². The zero-order valence-electron chi connectivity index (χ0n) is 14.1. The van der Waals surface area contributed by atoms with Gasteiger partial charge in [-0.2, -0.15) is 4.98 Å². The topological polar surface area (TPSA) is 82.0 Å². The molecule has 3 heterocycles. The van der Waals surface area contributed by atoms with Crippen molar-refractivity contribution in [3.63, 3.8) is 0 Å². The molecule has 0 radical (unpaired) electrons. The van der Waals surface area contributed by atoms with Crippen LogP contribution in [0.2, 0.25) is 0 Å². The van der Waals surface area contributed by atoms with Gasteiger partial charge in [0.25, 0.3) is 5.78 Å². The van der Waals surface area contributed by atoms with Crippen molar-refractivity contribution in [1.82, 2.24) is 29.8 Å². The first kappa shape index (κ1) is 15.8. The Labute approximate surface area is 148 Å². The Balaban J connectivity index is 1.53. The molecular weight excluding hydrogens is 336 g/mol. The van der Waals surface area contributed by atoms with Gasteiger partial charge in [-0.15, -0.1) is 15.3 Å². The third kappa shape index (κ3) is 3.00. The molecule has 0 amide bonds. The summed E-state index contributed by atoms with van der Waals surface area (Å²) in [7, 11) is 0. The van der Waals surface area contributed by atoms with E-state index in [2.05, 4.69) is 25.3 Å². The van der Waals surface area contributed by atoms with E-state index in [0.29, 0.717) is 28.5 Å². The molecule has 0 aliphatic carbocycles. The Bertz CT molecular complexity index is 1040. The van der Waals surface area contributed by atoms with Gasteiger partial charge in [-0.25, -0.2) is 9.50 Å². The minimum atomic E-state index is 0.508. The van der Waals surface area contributed by atoms with Gasteiger partial charge in [0.15, 0.2) is 0 Å². The molecule has 7 nitrogen and oxygen atoms in total. The summed E-state index contributed by atoms with van der Waals surface area (Å²) in [6.07, 6.45) is 0. The van der Waals surface area contributed by atoms with Crippen LogP contribution in [-0.2, 0) is 5.75 Å². The predicted molar refractivity (Wildman–Crippen MR) is 94.3 cm³/mol. The fraction of sp³-hybridized carbons (Fsp3) is 0.235. The molecule has 0 spiro atoms. The van der Waals surface area contributed by atoms with Gasteiger partial charge >= 0.3 is 0 Å². The minimum absolute atomic E-state index is 0.508. The normalized spacial score (nSPS) is 11.3. The number of hydrogen-bond donors (Lipinski definition) is 0. The van der Waals surface area contributed by atoms with Crippen molar-refractivity contribution < 1.29 is 4.42 Å². The SMILES string of the molecule is Cc1nc2nc(SCc3nnc(-c4ccccc4)o3)nn2c(C)c1C. The molecule has 0 unspecified atom stereocenters. The van der Waals surface area contributed by atoms with Gasteiger partial charge in [-0.1, -0.05) is 30.0 Å². The molecule has 0 saturated heterocycles. The van der Waals surface area contributed by atoms with Gasteiger partial charge in [-0.3, -0.25) is 0 Å². The molecule has 0 saturated carbocycles. The molecule has 0 N–H and O–H groups in total. The standard InChI is InChI=1S/C17H16N6OS/c1-10-11(2)18-16-19-17(22-23(16)12(10)3)25-9-14-20-21-15(24-14)13-7-5-4-6-8-13/h4-8H,9H2,1-3H3. The first-order valence-corrected chi connectivity index (χ1v) is 8.81. The smallest absolute Gasteiger partial charge is 0.253 e. The molecular formula is C17H16N6OS. The van der Waals surface area contributed by atoms with Crippen LogP contribution in [0.25, 0.3) is 17.2 Å². The van der Waals surface area contributed by atoms with Crippen LogP contribution in [0.3, 0.4) is 0 Å². The average Bonchev–Trinajstić information content (AvgIpc) is 3.26. The highest BCUT2D eigenvalue weighted by Gasteiger charge is 2.13. The number of nitrogens with zero attached hydrogens (tertiary/aromatic N) is 6. The Morgan fingerprint density at radius 2 is 1.84 bits per heavy atom. The molecule has 4 rings (SSSR count). The zero-order valence-corrected chi connectivity index (χ0v) is 14.9. The third-order valence-electron chi connectivity index (χ3n) is 4.05. The lowest BCUT2D eigenvalue weighted by Crippen LogP contribution is -2.02. The van der Waals surface area contributed by atoms with E-state index in [0.717, 1.165) is 22.5 Å². The Morgan fingerprint density at radius 3 is 2.64 bits per heavy atom. The highest BCUT2D eigenvalue weighted by atomic mass is 32.2. The second kappa shape index (κ2) is 6.29. The van der Waals surface area contributed by atoms with Gasteiger partial charge in [-0.05, 0) is 38.5 Å². The molecule has 4 aromatic rings. The first-order valence-electron chi connectivity index (χ1n) is 7.83. The van der Waals surface area contributed by atoms with Crippen molar-refractivity contribution in [2.45, 2.75) is 31.7 Å². The van der Waals surface area contributed by atoms with Gasteiger partial charge in [0.05, 0.1) is 5.75 Å². The quantitative estimate of drug-likeness (QED) is 0.521. The molecule has 3 aromatic heterocycles. The van der Waals surface area contributed by atoms with Crippen LogP contribution in [0, 0.1) is 20.8 Å². The Morgan fingerprint density at radius 1 is 1.04 bits per heavy atom. The number of thioether (sulfide) groups is 1. The van der Waals surface area contributed by atoms with Gasteiger partial charge in [0.2, 0.25) is 16.9 Å². The number of rotatable bonds is 4. The average molecular weight is 352 g/mol. The highest BCUT2D eigenvalue weighted by Crippen LogP contribution is 2.23. The van der Waals surface area contributed by atoms with Crippen LogP contribution < -0.4 is 0 Å². The molecule has 25 heavy (non-hydrogen) atoms. The molecule has 0 aliphatic rings. The van der Waals surface area contributed by atoms with Crippen molar-refractivity contribution in [1.29, 1.82) is 0 Å². The predicted octanol–water partition coefficient (Wildman–Crippen LogP) is 3.39. The number of hydrogen-bond acceptors (Lipinski definition) is 7. The maximum Gasteiger partial charge on any atom is 0.253 e. The summed E-state index contributed by atoms with van der Waals surface area (Å²) >= 11 is 1.45. The fourth-order valence-electron chi connectivity index (χ4n) is 2.43. The minimum Gasteiger partial charge on any atom is -0.420 e.